The lowest BCUT2D eigenvalue weighted by atomic mass is 10.8. The van der Waals surface area contributed by atoms with Gasteiger partial charge in [0, 0.05) is 28.4 Å². The van der Waals surface area contributed by atoms with Crippen LogP contribution < -0.4 is 0 Å². The molecule has 1 aliphatic heterocycles. The molecule has 106 valence electrons. The summed E-state index contributed by atoms with van der Waals surface area (Å²) in [7, 11) is -3.31. The molecule has 0 bridgehead atoms. The fourth-order valence-electron chi connectivity index (χ4n) is 1.35. The number of carbonyl (C=O) groups excluding carboxylic acids is 1. The fourth-order valence-corrected chi connectivity index (χ4v) is 4.63. The van der Waals surface area contributed by atoms with E-state index in [2.05, 4.69) is 27.6 Å². The van der Waals surface area contributed by atoms with Crippen molar-refractivity contribution in [3.8, 4) is 0 Å². The van der Waals surface area contributed by atoms with E-state index in [0.29, 0.717) is 0 Å². The van der Waals surface area contributed by atoms with Gasteiger partial charge in [0.1, 0.15) is 0 Å². The van der Waals surface area contributed by atoms with Crippen LogP contribution in [0.2, 0.25) is 0 Å². The van der Waals surface area contributed by atoms with E-state index >= 15 is 0 Å². The first-order valence-electron chi connectivity index (χ1n) is 4.66. The van der Waals surface area contributed by atoms with Crippen molar-refractivity contribution in [1.29, 1.82) is 0 Å². The molecule has 0 radical (unpaired) electrons. The van der Waals surface area contributed by atoms with Crippen molar-refractivity contribution >= 4 is 21.3 Å². The van der Waals surface area contributed by atoms with Gasteiger partial charge in [-0.15, -0.1) is 0 Å². The Kier molecular flexibility index (Phi) is 4.94. The van der Waals surface area contributed by atoms with E-state index in [9.17, 15) is 13.9 Å². The van der Waals surface area contributed by atoms with Gasteiger partial charge in [-0.3, -0.25) is 9.13 Å². The minimum atomic E-state index is -3.85. The number of rotatable bonds is 6. The first-order chi connectivity index (χ1) is 8.36. The Hall–Kier alpha value is -0.430. The van der Waals surface area contributed by atoms with Crippen molar-refractivity contribution in [2.24, 2.45) is 0 Å². The van der Waals surface area contributed by atoms with Crippen molar-refractivity contribution in [1.82, 2.24) is 0 Å². The minimum Gasteiger partial charge on any atom is -0.413 e. The van der Waals surface area contributed by atoms with Gasteiger partial charge in [0.2, 0.25) is 0 Å². The first kappa shape index (κ1) is 15.6. The molecule has 0 N–H and O–H groups in total. The van der Waals surface area contributed by atoms with Crippen LogP contribution in [-0.2, 0) is 36.7 Å². The van der Waals surface area contributed by atoms with Crippen LogP contribution in [0.15, 0.2) is 0 Å². The summed E-state index contributed by atoms with van der Waals surface area (Å²) in [6, 6.07) is 0. The van der Waals surface area contributed by atoms with Crippen LogP contribution in [0.1, 0.15) is 0 Å². The van der Waals surface area contributed by atoms with Gasteiger partial charge >= 0.3 is 21.3 Å². The van der Waals surface area contributed by atoms with Crippen molar-refractivity contribution in [2.45, 2.75) is 11.7 Å². The van der Waals surface area contributed by atoms with E-state index in [1.807, 2.05) is 0 Å². The Labute approximate surface area is 104 Å². The maximum Gasteiger partial charge on any atom is 0.510 e. The Balaban J connectivity index is 3.14. The minimum absolute atomic E-state index is 1.10. The summed E-state index contributed by atoms with van der Waals surface area (Å²) in [6.45, 7) is 0. The van der Waals surface area contributed by atoms with Crippen molar-refractivity contribution < 1.29 is 41.5 Å². The highest BCUT2D eigenvalue weighted by Gasteiger charge is 2.59. The number of ether oxygens (including phenoxy) is 2. The summed E-state index contributed by atoms with van der Waals surface area (Å²) in [5.41, 5.74) is 0. The Morgan fingerprint density at radius 1 is 0.833 bits per heavy atom. The third-order valence-electron chi connectivity index (χ3n) is 2.32. The predicted molar refractivity (Wildman–Crippen MR) is 58.4 cm³/mol. The van der Waals surface area contributed by atoms with Crippen molar-refractivity contribution in [3.63, 3.8) is 0 Å². The van der Waals surface area contributed by atoms with E-state index in [1.54, 1.807) is 0 Å². The van der Waals surface area contributed by atoms with Crippen LogP contribution in [0.5, 0.6) is 0 Å². The molecule has 2 unspecified atom stereocenters. The van der Waals surface area contributed by atoms with Gasteiger partial charge in [-0.1, -0.05) is 0 Å². The van der Waals surface area contributed by atoms with Gasteiger partial charge in [-0.25, -0.2) is 4.79 Å². The highest BCUT2D eigenvalue weighted by molar-refractivity contribution is 7.59. The molecule has 0 spiro atoms. The lowest BCUT2D eigenvalue weighted by Gasteiger charge is -2.25. The standard InChI is InChI=1S/C7H14O9P2/c1-11-17(9,12-2)5-6(16-7(8)15-5)18(10,13-3)14-4/h5-6H,1-4H3. The summed E-state index contributed by atoms with van der Waals surface area (Å²) in [4.78, 5) is 11.1. The third-order valence-corrected chi connectivity index (χ3v) is 6.59. The largest absolute Gasteiger partial charge is 0.510 e. The molecule has 1 heterocycles. The molecular formula is C7H14O9P2. The molecule has 1 saturated heterocycles. The molecule has 11 heteroatoms. The normalized spacial score (nSPS) is 24.8. The first-order valence-corrected chi connectivity index (χ1v) is 7.89. The maximum absolute atomic E-state index is 12.2. The van der Waals surface area contributed by atoms with Gasteiger partial charge in [-0.2, -0.15) is 0 Å². The van der Waals surface area contributed by atoms with Crippen LogP contribution >= 0.6 is 15.2 Å². The van der Waals surface area contributed by atoms with Crippen LogP contribution in [0.25, 0.3) is 0 Å². The molecule has 0 amide bonds. The highest BCUT2D eigenvalue weighted by Crippen LogP contribution is 2.65. The Morgan fingerprint density at radius 2 is 1.11 bits per heavy atom. The van der Waals surface area contributed by atoms with Crippen molar-refractivity contribution in [2.75, 3.05) is 28.4 Å². The van der Waals surface area contributed by atoms with Crippen molar-refractivity contribution in [3.05, 3.63) is 0 Å². The van der Waals surface area contributed by atoms with E-state index in [4.69, 9.17) is 0 Å². The van der Waals surface area contributed by atoms with Gasteiger partial charge in [-0.05, 0) is 0 Å². The topological polar surface area (TPSA) is 107 Å². The van der Waals surface area contributed by atoms with Gasteiger partial charge in [0.25, 0.3) is 11.7 Å². The summed E-state index contributed by atoms with van der Waals surface area (Å²) in [5, 5.41) is 0. The van der Waals surface area contributed by atoms with E-state index in [1.165, 1.54) is 0 Å². The van der Waals surface area contributed by atoms with E-state index in [0.717, 1.165) is 28.4 Å². The molecule has 0 aromatic heterocycles. The molecule has 0 saturated carbocycles. The SMILES string of the molecule is COP(=O)(OC)C1OC(=O)OC1P(=O)(OC)OC. The number of hydrogen-bond donors (Lipinski definition) is 0. The fraction of sp³-hybridized carbons (Fsp3) is 0.857. The van der Waals surface area contributed by atoms with Crippen LogP contribution in [0.3, 0.4) is 0 Å². The zero-order valence-electron chi connectivity index (χ0n) is 10.2. The van der Waals surface area contributed by atoms with E-state index < -0.39 is 33.0 Å². The molecule has 18 heavy (non-hydrogen) atoms. The number of cyclic esters (lactones) is 2. The van der Waals surface area contributed by atoms with Gasteiger partial charge in [0.15, 0.2) is 0 Å². The van der Waals surface area contributed by atoms with Crippen LogP contribution in [-0.4, -0.2) is 46.3 Å². The predicted octanol–water partition coefficient (Wildman–Crippen LogP) is 1.78. The average molecular weight is 304 g/mol. The third kappa shape index (κ3) is 2.61. The second kappa shape index (κ2) is 5.69. The molecule has 1 aliphatic rings. The Bertz CT molecular complexity index is 356. The van der Waals surface area contributed by atoms with Gasteiger partial charge < -0.3 is 27.6 Å². The molecule has 1 rings (SSSR count). The lowest BCUT2D eigenvalue weighted by molar-refractivity contribution is 0.118. The summed E-state index contributed by atoms with van der Waals surface area (Å²) < 4.78 is 52.3. The molecule has 0 aliphatic carbocycles. The molecule has 9 nitrogen and oxygen atoms in total. The summed E-state index contributed by atoms with van der Waals surface area (Å²) >= 11 is 0. The zero-order valence-corrected chi connectivity index (χ0v) is 12.0. The zero-order chi connectivity index (χ0) is 14.0. The second-order valence-corrected chi connectivity index (χ2v) is 7.71. The van der Waals surface area contributed by atoms with Crippen LogP contribution in [0.4, 0.5) is 4.79 Å². The summed E-state index contributed by atoms with van der Waals surface area (Å²) in [5.74, 6) is -3.04. The highest BCUT2D eigenvalue weighted by atomic mass is 31.2. The number of hydrogen-bond acceptors (Lipinski definition) is 9. The maximum atomic E-state index is 12.2. The molecular weight excluding hydrogens is 290 g/mol. The number of carbonyl (C=O) groups is 1. The van der Waals surface area contributed by atoms with E-state index in [-0.39, 0.29) is 0 Å². The molecule has 0 aromatic rings. The quantitative estimate of drug-likeness (QED) is 0.536. The lowest BCUT2D eigenvalue weighted by Crippen LogP contribution is -2.25. The molecule has 0 aromatic carbocycles. The monoisotopic (exact) mass is 304 g/mol. The smallest absolute Gasteiger partial charge is 0.413 e. The van der Waals surface area contributed by atoms with Crippen LogP contribution in [0, 0.1) is 0 Å². The van der Waals surface area contributed by atoms with Gasteiger partial charge in [0.05, 0.1) is 0 Å². The second-order valence-electron chi connectivity index (χ2n) is 3.08. The Morgan fingerprint density at radius 3 is 1.33 bits per heavy atom. The molecule has 1 fully saturated rings. The average Bonchev–Trinajstić information content (AvgIpc) is 2.80. The summed E-state index contributed by atoms with van der Waals surface area (Å²) in [6.07, 6.45) is -1.16. The molecule has 2 atom stereocenters.